The van der Waals surface area contributed by atoms with E-state index in [0.717, 1.165) is 16.9 Å². The fourth-order valence-corrected chi connectivity index (χ4v) is 2.61. The second-order valence-corrected chi connectivity index (χ2v) is 5.73. The molecule has 22 heavy (non-hydrogen) atoms. The molecule has 0 saturated heterocycles. The first-order valence-electron chi connectivity index (χ1n) is 6.71. The lowest BCUT2D eigenvalue weighted by Crippen LogP contribution is -2.19. The molecule has 0 radical (unpaired) electrons. The number of anilines is 1. The number of hydrogen-bond acceptors (Lipinski definition) is 2. The van der Waals surface area contributed by atoms with Crippen molar-refractivity contribution in [3.8, 4) is 0 Å². The number of aryl methyl sites for hydroxylation is 1. The Morgan fingerprint density at radius 2 is 1.95 bits per heavy atom. The van der Waals surface area contributed by atoms with Gasteiger partial charge in [0.1, 0.15) is 12.4 Å². The minimum atomic E-state index is -0.148. The third kappa shape index (κ3) is 2.93. The lowest BCUT2D eigenvalue weighted by Gasteiger charge is -2.09. The van der Waals surface area contributed by atoms with Crippen molar-refractivity contribution in [3.05, 3.63) is 58.3 Å². The number of hydrogen-bond donors (Lipinski definition) is 1. The normalized spacial score (nSPS) is 10.9. The summed E-state index contributed by atoms with van der Waals surface area (Å²) >= 11 is 11.8. The Labute approximate surface area is 137 Å². The summed E-state index contributed by atoms with van der Waals surface area (Å²) in [7, 11) is 0. The molecule has 0 unspecified atom stereocenters. The quantitative estimate of drug-likeness (QED) is 0.777. The smallest absolute Gasteiger partial charge is 0.244 e. The van der Waals surface area contributed by atoms with Crippen LogP contribution in [0.5, 0.6) is 0 Å². The largest absolute Gasteiger partial charge is 0.324 e. The molecule has 3 rings (SSSR count). The van der Waals surface area contributed by atoms with Gasteiger partial charge in [-0.2, -0.15) is 0 Å². The zero-order chi connectivity index (χ0) is 15.7. The summed E-state index contributed by atoms with van der Waals surface area (Å²) < 4.78 is 1.88. The SMILES string of the molecule is Cc1nc2ccccc2n1CC(=O)Nc1ccc(Cl)c(Cl)c1. The number of nitrogens with zero attached hydrogens (tertiary/aromatic N) is 2. The van der Waals surface area contributed by atoms with E-state index in [4.69, 9.17) is 23.2 Å². The number of imidazole rings is 1. The van der Waals surface area contributed by atoms with Gasteiger partial charge in [-0.05, 0) is 37.3 Å². The van der Waals surface area contributed by atoms with Gasteiger partial charge >= 0.3 is 0 Å². The molecular weight excluding hydrogens is 321 g/mol. The van der Waals surface area contributed by atoms with Crippen LogP contribution in [0.25, 0.3) is 11.0 Å². The van der Waals surface area contributed by atoms with Crippen LogP contribution in [0.3, 0.4) is 0 Å². The molecule has 0 spiro atoms. The first-order valence-corrected chi connectivity index (χ1v) is 7.47. The van der Waals surface area contributed by atoms with Crippen molar-refractivity contribution in [2.24, 2.45) is 0 Å². The van der Waals surface area contributed by atoms with Gasteiger partial charge < -0.3 is 9.88 Å². The van der Waals surface area contributed by atoms with E-state index in [-0.39, 0.29) is 12.5 Å². The lowest BCUT2D eigenvalue weighted by molar-refractivity contribution is -0.116. The van der Waals surface area contributed by atoms with Crippen molar-refractivity contribution >= 4 is 45.8 Å². The number of fused-ring (bicyclic) bond motifs is 1. The fourth-order valence-electron chi connectivity index (χ4n) is 2.31. The molecular formula is C16H13Cl2N3O. The Bertz CT molecular complexity index is 858. The highest BCUT2D eigenvalue weighted by Gasteiger charge is 2.11. The summed E-state index contributed by atoms with van der Waals surface area (Å²) in [6.45, 7) is 2.07. The summed E-state index contributed by atoms with van der Waals surface area (Å²) in [6.07, 6.45) is 0. The fraction of sp³-hybridized carbons (Fsp3) is 0.125. The standard InChI is InChI=1S/C16H13Cl2N3O/c1-10-19-14-4-2-3-5-15(14)21(10)9-16(22)20-11-6-7-12(17)13(18)8-11/h2-8H,9H2,1H3,(H,20,22). The highest BCUT2D eigenvalue weighted by molar-refractivity contribution is 6.42. The van der Waals surface area contributed by atoms with E-state index in [1.165, 1.54) is 0 Å². The van der Waals surface area contributed by atoms with Gasteiger partial charge in [0.25, 0.3) is 0 Å². The Morgan fingerprint density at radius 1 is 1.18 bits per heavy atom. The van der Waals surface area contributed by atoms with Crippen LogP contribution in [0, 0.1) is 6.92 Å². The zero-order valence-electron chi connectivity index (χ0n) is 11.8. The summed E-state index contributed by atoms with van der Waals surface area (Å²) in [5.41, 5.74) is 2.42. The predicted octanol–water partition coefficient (Wildman–Crippen LogP) is 4.29. The van der Waals surface area contributed by atoms with Crippen molar-refractivity contribution in [2.75, 3.05) is 5.32 Å². The third-order valence-electron chi connectivity index (χ3n) is 3.35. The number of rotatable bonds is 3. The van der Waals surface area contributed by atoms with E-state index in [9.17, 15) is 4.79 Å². The molecule has 0 aliphatic rings. The molecule has 0 atom stereocenters. The number of para-hydroxylation sites is 2. The average Bonchev–Trinajstić information content (AvgIpc) is 2.79. The maximum Gasteiger partial charge on any atom is 0.244 e. The van der Waals surface area contributed by atoms with Gasteiger partial charge in [-0.3, -0.25) is 4.79 Å². The average molecular weight is 334 g/mol. The number of amides is 1. The van der Waals surface area contributed by atoms with Gasteiger partial charge in [-0.25, -0.2) is 4.98 Å². The maximum absolute atomic E-state index is 12.2. The van der Waals surface area contributed by atoms with Crippen LogP contribution in [0.1, 0.15) is 5.82 Å². The summed E-state index contributed by atoms with van der Waals surface area (Å²) in [4.78, 5) is 16.7. The Hall–Kier alpha value is -2.04. The second-order valence-electron chi connectivity index (χ2n) is 4.91. The minimum Gasteiger partial charge on any atom is -0.324 e. The highest BCUT2D eigenvalue weighted by atomic mass is 35.5. The van der Waals surface area contributed by atoms with Gasteiger partial charge in [-0.1, -0.05) is 35.3 Å². The van der Waals surface area contributed by atoms with Crippen LogP contribution in [0.15, 0.2) is 42.5 Å². The van der Waals surface area contributed by atoms with E-state index >= 15 is 0 Å². The molecule has 0 saturated carbocycles. The van der Waals surface area contributed by atoms with Crippen LogP contribution in [-0.4, -0.2) is 15.5 Å². The Morgan fingerprint density at radius 3 is 2.73 bits per heavy atom. The molecule has 0 bridgehead atoms. The van der Waals surface area contributed by atoms with Crippen LogP contribution in [0.2, 0.25) is 10.0 Å². The first kappa shape index (κ1) is 14.9. The van der Waals surface area contributed by atoms with E-state index in [1.54, 1.807) is 18.2 Å². The summed E-state index contributed by atoms with van der Waals surface area (Å²) in [6, 6.07) is 12.7. The van der Waals surface area contributed by atoms with Gasteiger partial charge in [0, 0.05) is 5.69 Å². The van der Waals surface area contributed by atoms with Crippen molar-refractivity contribution in [1.29, 1.82) is 0 Å². The summed E-state index contributed by atoms with van der Waals surface area (Å²) in [5, 5.41) is 3.67. The zero-order valence-corrected chi connectivity index (χ0v) is 13.3. The van der Waals surface area contributed by atoms with Crippen molar-refractivity contribution < 1.29 is 4.79 Å². The number of carbonyl (C=O) groups excluding carboxylic acids is 1. The van der Waals surface area contributed by atoms with Gasteiger partial charge in [0.05, 0.1) is 21.1 Å². The van der Waals surface area contributed by atoms with E-state index in [0.29, 0.717) is 15.7 Å². The second kappa shape index (κ2) is 5.99. The molecule has 0 aliphatic heterocycles. The minimum absolute atomic E-state index is 0.148. The predicted molar refractivity (Wildman–Crippen MR) is 89.6 cm³/mol. The first-order chi connectivity index (χ1) is 10.5. The molecule has 4 nitrogen and oxygen atoms in total. The molecule has 1 heterocycles. The monoisotopic (exact) mass is 333 g/mol. The number of aromatic nitrogens is 2. The molecule has 1 N–H and O–H groups in total. The van der Waals surface area contributed by atoms with Gasteiger partial charge in [0.2, 0.25) is 5.91 Å². The van der Waals surface area contributed by atoms with Crippen molar-refractivity contribution in [2.45, 2.75) is 13.5 Å². The van der Waals surface area contributed by atoms with Crippen molar-refractivity contribution in [3.63, 3.8) is 0 Å². The molecule has 112 valence electrons. The van der Waals surface area contributed by atoms with Gasteiger partial charge in [0.15, 0.2) is 0 Å². The number of benzene rings is 2. The van der Waals surface area contributed by atoms with Crippen LogP contribution in [-0.2, 0) is 11.3 Å². The topological polar surface area (TPSA) is 46.9 Å². The number of carbonyl (C=O) groups is 1. The molecule has 0 aliphatic carbocycles. The highest BCUT2D eigenvalue weighted by Crippen LogP contribution is 2.25. The van der Waals surface area contributed by atoms with Gasteiger partial charge in [-0.15, -0.1) is 0 Å². The van der Waals surface area contributed by atoms with Crippen LogP contribution < -0.4 is 5.32 Å². The van der Waals surface area contributed by atoms with E-state index in [1.807, 2.05) is 35.8 Å². The van der Waals surface area contributed by atoms with Crippen LogP contribution >= 0.6 is 23.2 Å². The molecule has 1 amide bonds. The number of halogens is 2. The van der Waals surface area contributed by atoms with Crippen molar-refractivity contribution in [1.82, 2.24) is 9.55 Å². The summed E-state index contributed by atoms with van der Waals surface area (Å²) in [5.74, 6) is 0.648. The Balaban J connectivity index is 1.81. The Kier molecular flexibility index (Phi) is 4.05. The maximum atomic E-state index is 12.2. The number of nitrogens with one attached hydrogen (secondary N) is 1. The third-order valence-corrected chi connectivity index (χ3v) is 4.09. The van der Waals surface area contributed by atoms with E-state index < -0.39 is 0 Å². The molecule has 1 aromatic heterocycles. The van der Waals surface area contributed by atoms with Crippen LogP contribution in [0.4, 0.5) is 5.69 Å². The molecule has 0 fully saturated rings. The van der Waals surface area contributed by atoms with E-state index in [2.05, 4.69) is 10.3 Å². The molecule has 3 aromatic rings. The molecule has 2 aromatic carbocycles. The lowest BCUT2D eigenvalue weighted by atomic mass is 10.3. The molecule has 6 heteroatoms.